The maximum absolute atomic E-state index is 12.3. The molecule has 0 aromatic carbocycles. The zero-order valence-electron chi connectivity index (χ0n) is 11.4. The van der Waals surface area contributed by atoms with Gasteiger partial charge in [-0.05, 0) is 32.1 Å². The molecule has 0 saturated carbocycles. The number of primary amides is 1. The summed E-state index contributed by atoms with van der Waals surface area (Å²) >= 11 is 0. The van der Waals surface area contributed by atoms with Crippen LogP contribution >= 0.6 is 0 Å². The minimum atomic E-state index is -0.409. The van der Waals surface area contributed by atoms with Crippen LogP contribution in [0.4, 0.5) is 0 Å². The topological polar surface area (TPSA) is 92.7 Å². The van der Waals surface area contributed by atoms with Gasteiger partial charge in [0.25, 0.3) is 0 Å². The monoisotopic (exact) mass is 268 g/mol. The molecule has 2 heterocycles. The van der Waals surface area contributed by atoms with Gasteiger partial charge < -0.3 is 16.4 Å². The molecule has 1 atom stereocenters. The third kappa shape index (κ3) is 3.67. The van der Waals surface area contributed by atoms with Gasteiger partial charge in [0.2, 0.25) is 11.8 Å². The highest BCUT2D eigenvalue weighted by atomic mass is 16.2. The first kappa shape index (κ1) is 14.3. The summed E-state index contributed by atoms with van der Waals surface area (Å²) in [4.78, 5) is 27.5. The van der Waals surface area contributed by atoms with Crippen molar-refractivity contribution in [3.63, 3.8) is 0 Å². The lowest BCUT2D eigenvalue weighted by Crippen LogP contribution is -2.54. The predicted octanol–water partition coefficient (Wildman–Crippen LogP) is -0.724. The number of hydrogen-bond donors (Lipinski definition) is 2. The number of likely N-dealkylation sites (tertiary alicyclic amines) is 2. The summed E-state index contributed by atoms with van der Waals surface area (Å²) in [6, 6.07) is -0.145. The molecule has 0 aromatic heterocycles. The van der Waals surface area contributed by atoms with E-state index in [0.717, 1.165) is 38.8 Å². The molecule has 108 valence electrons. The van der Waals surface area contributed by atoms with Crippen molar-refractivity contribution in [1.29, 1.82) is 0 Å². The Kier molecular flexibility index (Phi) is 4.76. The molecule has 19 heavy (non-hydrogen) atoms. The van der Waals surface area contributed by atoms with Gasteiger partial charge in [0.15, 0.2) is 0 Å². The normalized spacial score (nSPS) is 26.4. The fourth-order valence-corrected chi connectivity index (χ4v) is 2.92. The highest BCUT2D eigenvalue weighted by Gasteiger charge is 2.31. The molecule has 4 N–H and O–H groups in total. The minimum absolute atomic E-state index is 0.0268. The molecule has 0 spiro atoms. The van der Waals surface area contributed by atoms with Gasteiger partial charge in [0.1, 0.15) is 6.04 Å². The Hall–Kier alpha value is -1.14. The van der Waals surface area contributed by atoms with Crippen LogP contribution in [0.2, 0.25) is 0 Å². The van der Waals surface area contributed by atoms with E-state index in [4.69, 9.17) is 11.5 Å². The van der Waals surface area contributed by atoms with Gasteiger partial charge in [-0.2, -0.15) is 0 Å². The van der Waals surface area contributed by atoms with Crippen LogP contribution in [0.25, 0.3) is 0 Å². The second-order valence-corrected chi connectivity index (χ2v) is 5.61. The van der Waals surface area contributed by atoms with Crippen molar-refractivity contribution in [2.24, 2.45) is 11.5 Å². The molecule has 2 amide bonds. The molecule has 6 heteroatoms. The molecular formula is C13H24N4O2. The Labute approximate surface area is 114 Å². The number of carbonyl (C=O) groups excluding carboxylic acids is 2. The van der Waals surface area contributed by atoms with Gasteiger partial charge in [-0.3, -0.25) is 14.5 Å². The Balaban J connectivity index is 1.89. The molecular weight excluding hydrogens is 244 g/mol. The van der Waals surface area contributed by atoms with Crippen molar-refractivity contribution < 1.29 is 9.59 Å². The van der Waals surface area contributed by atoms with E-state index in [0.29, 0.717) is 19.5 Å². The fourth-order valence-electron chi connectivity index (χ4n) is 2.92. The molecule has 2 fully saturated rings. The van der Waals surface area contributed by atoms with E-state index in [2.05, 4.69) is 4.90 Å². The third-order valence-electron chi connectivity index (χ3n) is 4.14. The number of carbonyl (C=O) groups is 2. The van der Waals surface area contributed by atoms with E-state index in [9.17, 15) is 9.59 Å². The van der Waals surface area contributed by atoms with Crippen molar-refractivity contribution in [3.05, 3.63) is 0 Å². The van der Waals surface area contributed by atoms with Crippen LogP contribution in [0.15, 0.2) is 0 Å². The van der Waals surface area contributed by atoms with Crippen LogP contribution in [0, 0.1) is 0 Å². The lowest BCUT2D eigenvalue weighted by Gasteiger charge is -2.36. The lowest BCUT2D eigenvalue weighted by molar-refractivity contribution is -0.142. The van der Waals surface area contributed by atoms with Crippen molar-refractivity contribution >= 4 is 11.8 Å². The Morgan fingerprint density at radius 2 is 1.74 bits per heavy atom. The lowest BCUT2D eigenvalue weighted by atomic mass is 10.0. The summed E-state index contributed by atoms with van der Waals surface area (Å²) in [5, 5.41) is 0. The molecule has 6 nitrogen and oxygen atoms in total. The molecule has 0 aliphatic carbocycles. The maximum atomic E-state index is 12.3. The summed E-state index contributed by atoms with van der Waals surface area (Å²) in [6.45, 7) is 2.76. The van der Waals surface area contributed by atoms with Gasteiger partial charge in [-0.25, -0.2) is 0 Å². The second-order valence-electron chi connectivity index (χ2n) is 5.61. The largest absolute Gasteiger partial charge is 0.368 e. The molecule has 2 saturated heterocycles. The molecule has 2 aliphatic heterocycles. The standard InChI is InChI=1S/C13H24N4O2/c14-10-4-7-16(8-5-10)9-12(18)17-6-2-1-3-11(17)13(15)19/h10-11H,1-9,14H2,(H2,15,19). The first-order valence-corrected chi connectivity index (χ1v) is 7.14. The summed E-state index contributed by atoms with van der Waals surface area (Å²) in [5.74, 6) is -0.354. The van der Waals surface area contributed by atoms with Gasteiger partial charge in [-0.1, -0.05) is 0 Å². The number of nitrogens with two attached hydrogens (primary N) is 2. The average Bonchev–Trinajstić information content (AvgIpc) is 2.41. The van der Waals surface area contributed by atoms with E-state index in [-0.39, 0.29) is 17.9 Å². The molecule has 2 aliphatic rings. The summed E-state index contributed by atoms with van der Waals surface area (Å²) in [5.41, 5.74) is 11.2. The Bertz CT molecular complexity index is 340. The summed E-state index contributed by atoms with van der Waals surface area (Å²) in [6.07, 6.45) is 4.50. The summed E-state index contributed by atoms with van der Waals surface area (Å²) in [7, 11) is 0. The van der Waals surface area contributed by atoms with E-state index < -0.39 is 6.04 Å². The number of amides is 2. The zero-order chi connectivity index (χ0) is 13.8. The van der Waals surface area contributed by atoms with Crippen molar-refractivity contribution in [3.8, 4) is 0 Å². The first-order valence-electron chi connectivity index (χ1n) is 7.14. The third-order valence-corrected chi connectivity index (χ3v) is 4.14. The highest BCUT2D eigenvalue weighted by molar-refractivity contribution is 5.87. The van der Waals surface area contributed by atoms with Crippen LogP contribution < -0.4 is 11.5 Å². The first-order chi connectivity index (χ1) is 9.08. The van der Waals surface area contributed by atoms with Crippen molar-refractivity contribution in [1.82, 2.24) is 9.80 Å². The van der Waals surface area contributed by atoms with Gasteiger partial charge in [-0.15, -0.1) is 0 Å². The summed E-state index contributed by atoms with van der Waals surface area (Å²) < 4.78 is 0. The zero-order valence-corrected chi connectivity index (χ0v) is 11.4. The van der Waals surface area contributed by atoms with E-state index in [1.807, 2.05) is 0 Å². The second kappa shape index (κ2) is 6.34. The minimum Gasteiger partial charge on any atom is -0.368 e. The average molecular weight is 268 g/mol. The molecule has 0 radical (unpaired) electrons. The van der Waals surface area contributed by atoms with Crippen LogP contribution in [0.3, 0.4) is 0 Å². The Morgan fingerprint density at radius 3 is 2.37 bits per heavy atom. The van der Waals surface area contributed by atoms with Gasteiger partial charge in [0.05, 0.1) is 6.54 Å². The highest BCUT2D eigenvalue weighted by Crippen LogP contribution is 2.18. The Morgan fingerprint density at radius 1 is 1.05 bits per heavy atom. The van der Waals surface area contributed by atoms with Crippen molar-refractivity contribution in [2.45, 2.75) is 44.2 Å². The van der Waals surface area contributed by atoms with Crippen molar-refractivity contribution in [2.75, 3.05) is 26.2 Å². The predicted molar refractivity (Wildman–Crippen MR) is 72.2 cm³/mol. The van der Waals surface area contributed by atoms with E-state index in [1.165, 1.54) is 0 Å². The van der Waals surface area contributed by atoms with Gasteiger partial charge in [0, 0.05) is 25.7 Å². The van der Waals surface area contributed by atoms with E-state index in [1.54, 1.807) is 4.90 Å². The number of rotatable bonds is 3. The SMILES string of the molecule is NC(=O)C1CCCCN1C(=O)CN1CCC(N)CC1. The number of hydrogen-bond acceptors (Lipinski definition) is 4. The molecule has 0 bridgehead atoms. The van der Waals surface area contributed by atoms with Gasteiger partial charge >= 0.3 is 0 Å². The maximum Gasteiger partial charge on any atom is 0.240 e. The molecule has 0 aromatic rings. The van der Waals surface area contributed by atoms with Crippen LogP contribution in [0.5, 0.6) is 0 Å². The van der Waals surface area contributed by atoms with E-state index >= 15 is 0 Å². The van der Waals surface area contributed by atoms with Crippen LogP contribution in [-0.2, 0) is 9.59 Å². The molecule has 2 rings (SSSR count). The number of piperidine rings is 2. The number of nitrogens with zero attached hydrogens (tertiary/aromatic N) is 2. The van der Waals surface area contributed by atoms with Crippen LogP contribution in [0.1, 0.15) is 32.1 Å². The fraction of sp³-hybridized carbons (Fsp3) is 0.846. The smallest absolute Gasteiger partial charge is 0.240 e. The quantitative estimate of drug-likeness (QED) is 0.706. The molecule has 1 unspecified atom stereocenters. The van der Waals surface area contributed by atoms with Crippen LogP contribution in [-0.4, -0.2) is 59.9 Å².